The molecule has 1 aliphatic rings. The summed E-state index contributed by atoms with van der Waals surface area (Å²) in [6.45, 7) is 0.740. The Hall–Kier alpha value is -1.43. The summed E-state index contributed by atoms with van der Waals surface area (Å²) in [6, 6.07) is 10.0. The molecule has 0 spiro atoms. The Morgan fingerprint density at radius 1 is 1.39 bits per heavy atom. The first-order chi connectivity index (χ1) is 8.79. The van der Waals surface area contributed by atoms with Crippen LogP contribution >= 0.6 is 11.9 Å². The van der Waals surface area contributed by atoms with Crippen molar-refractivity contribution in [2.45, 2.75) is 6.54 Å². The maximum absolute atomic E-state index is 6.04. The summed E-state index contributed by atoms with van der Waals surface area (Å²) in [7, 11) is 1.67. The number of hydroxylamine groups is 1. The number of fused-ring (bicyclic) bond motifs is 3. The highest BCUT2D eigenvalue weighted by Crippen LogP contribution is 2.39. The second-order valence-electron chi connectivity index (χ2n) is 4.11. The molecule has 2 aromatic rings. The lowest BCUT2D eigenvalue weighted by atomic mass is 10.0. The molecule has 18 heavy (non-hydrogen) atoms. The Balaban J connectivity index is 2.00. The number of nitrogens with zero attached hydrogens (tertiary/aromatic N) is 1. The molecule has 5 heteroatoms. The van der Waals surface area contributed by atoms with Crippen LogP contribution < -0.4 is 10.6 Å². The minimum atomic E-state index is 0.571. The van der Waals surface area contributed by atoms with Crippen molar-refractivity contribution in [3.8, 4) is 5.75 Å². The number of nitrogen functional groups attached to an aromatic ring is 1. The summed E-state index contributed by atoms with van der Waals surface area (Å²) in [5, 5.41) is 2.24. The summed E-state index contributed by atoms with van der Waals surface area (Å²) >= 11 is 1.50. The predicted molar refractivity (Wildman–Crippen MR) is 74.0 cm³/mol. The highest BCUT2D eigenvalue weighted by atomic mass is 32.2. The second-order valence-corrected chi connectivity index (χ2v) is 5.01. The van der Waals surface area contributed by atoms with Crippen molar-refractivity contribution in [1.82, 2.24) is 4.47 Å². The molecule has 2 aromatic carbocycles. The molecule has 2 N–H and O–H groups in total. The van der Waals surface area contributed by atoms with E-state index in [4.69, 9.17) is 15.3 Å². The molecule has 0 atom stereocenters. The summed E-state index contributed by atoms with van der Waals surface area (Å²) < 4.78 is 6.85. The molecule has 0 bridgehead atoms. The topological polar surface area (TPSA) is 47.7 Å². The minimum Gasteiger partial charge on any atom is -0.398 e. The van der Waals surface area contributed by atoms with Crippen LogP contribution in [0.1, 0.15) is 5.56 Å². The fraction of sp³-hybridized carbons (Fsp3) is 0.231. The molecular weight excluding hydrogens is 248 g/mol. The number of hydrogen-bond donors (Lipinski definition) is 1. The molecule has 0 radical (unpaired) electrons. The number of rotatable bonds is 3. The van der Waals surface area contributed by atoms with Crippen molar-refractivity contribution >= 4 is 28.4 Å². The van der Waals surface area contributed by atoms with E-state index in [1.54, 1.807) is 7.11 Å². The average molecular weight is 262 g/mol. The molecule has 0 amide bonds. The highest BCUT2D eigenvalue weighted by molar-refractivity contribution is 7.96. The summed E-state index contributed by atoms with van der Waals surface area (Å²) in [5.74, 6) is 1.41. The van der Waals surface area contributed by atoms with Gasteiger partial charge in [0.25, 0.3) is 0 Å². The van der Waals surface area contributed by atoms with Crippen LogP contribution in [0.15, 0.2) is 30.3 Å². The van der Waals surface area contributed by atoms with Gasteiger partial charge in [0.1, 0.15) is 5.94 Å². The van der Waals surface area contributed by atoms with Crippen molar-refractivity contribution in [3.05, 3.63) is 35.9 Å². The van der Waals surface area contributed by atoms with Crippen LogP contribution in [0.5, 0.6) is 5.75 Å². The first-order valence-corrected chi connectivity index (χ1v) is 6.61. The van der Waals surface area contributed by atoms with Gasteiger partial charge >= 0.3 is 0 Å². The SMILES string of the molecule is COCSN1Cc2c(cc(N)c3ccccc23)O1. The Kier molecular flexibility index (Phi) is 3.03. The zero-order valence-electron chi connectivity index (χ0n) is 10.1. The monoisotopic (exact) mass is 262 g/mol. The lowest BCUT2D eigenvalue weighted by Crippen LogP contribution is -2.13. The zero-order chi connectivity index (χ0) is 12.5. The van der Waals surface area contributed by atoms with Crippen LogP contribution in [0, 0.1) is 0 Å². The molecule has 0 saturated carbocycles. The number of methoxy groups -OCH3 is 1. The number of hydrogen-bond acceptors (Lipinski definition) is 5. The van der Waals surface area contributed by atoms with E-state index >= 15 is 0 Å². The van der Waals surface area contributed by atoms with E-state index < -0.39 is 0 Å². The fourth-order valence-electron chi connectivity index (χ4n) is 2.14. The van der Waals surface area contributed by atoms with Gasteiger partial charge in [-0.05, 0) is 17.3 Å². The maximum Gasteiger partial charge on any atom is 0.156 e. The molecule has 1 aliphatic heterocycles. The van der Waals surface area contributed by atoms with Gasteiger partial charge in [0.15, 0.2) is 5.75 Å². The van der Waals surface area contributed by atoms with Crippen molar-refractivity contribution in [1.29, 1.82) is 0 Å². The van der Waals surface area contributed by atoms with Crippen molar-refractivity contribution < 1.29 is 9.57 Å². The van der Waals surface area contributed by atoms with Gasteiger partial charge in [-0.1, -0.05) is 28.7 Å². The first kappa shape index (κ1) is 11.6. The normalized spacial score (nSPS) is 14.7. The Morgan fingerprint density at radius 3 is 2.94 bits per heavy atom. The van der Waals surface area contributed by atoms with E-state index in [-0.39, 0.29) is 0 Å². The lowest BCUT2D eigenvalue weighted by Gasteiger charge is -2.11. The number of nitrogens with two attached hydrogens (primary N) is 1. The van der Waals surface area contributed by atoms with Gasteiger partial charge in [0.2, 0.25) is 0 Å². The smallest absolute Gasteiger partial charge is 0.156 e. The van der Waals surface area contributed by atoms with Gasteiger partial charge in [0, 0.05) is 29.8 Å². The van der Waals surface area contributed by atoms with Crippen LogP contribution in [0.4, 0.5) is 5.69 Å². The van der Waals surface area contributed by atoms with E-state index in [0.29, 0.717) is 5.94 Å². The van der Waals surface area contributed by atoms with Crippen molar-refractivity contribution in [3.63, 3.8) is 0 Å². The zero-order valence-corrected chi connectivity index (χ0v) is 10.9. The average Bonchev–Trinajstić information content (AvgIpc) is 2.80. The molecule has 0 aromatic heterocycles. The summed E-state index contributed by atoms with van der Waals surface area (Å²) in [4.78, 5) is 5.73. The van der Waals surface area contributed by atoms with Crippen LogP contribution in [0.25, 0.3) is 10.8 Å². The van der Waals surface area contributed by atoms with Gasteiger partial charge in [-0.3, -0.25) is 0 Å². The van der Waals surface area contributed by atoms with Crippen LogP contribution in [0.3, 0.4) is 0 Å². The van der Waals surface area contributed by atoms with E-state index in [2.05, 4.69) is 6.07 Å². The van der Waals surface area contributed by atoms with E-state index in [0.717, 1.165) is 28.8 Å². The third-order valence-electron chi connectivity index (χ3n) is 2.95. The predicted octanol–water partition coefficient (Wildman–Crippen LogP) is 2.78. The molecule has 94 valence electrons. The van der Waals surface area contributed by atoms with Gasteiger partial charge in [-0.25, -0.2) is 0 Å². The van der Waals surface area contributed by atoms with Gasteiger partial charge < -0.3 is 15.3 Å². The standard InChI is InChI=1S/C13H14N2O2S/c1-16-8-18-15-7-11-9-4-2-3-5-10(9)12(14)6-13(11)17-15/h2-6H,7-8,14H2,1H3. The number of anilines is 1. The summed E-state index contributed by atoms with van der Waals surface area (Å²) in [6.07, 6.45) is 0. The van der Waals surface area contributed by atoms with E-state index in [9.17, 15) is 0 Å². The van der Waals surface area contributed by atoms with Gasteiger partial charge in [-0.2, -0.15) is 0 Å². The Labute approximate surface area is 110 Å². The first-order valence-electron chi connectivity index (χ1n) is 5.67. The number of benzene rings is 2. The largest absolute Gasteiger partial charge is 0.398 e. The Bertz CT molecular complexity index is 588. The van der Waals surface area contributed by atoms with Gasteiger partial charge in [0.05, 0.1) is 6.54 Å². The second kappa shape index (κ2) is 4.68. The highest BCUT2D eigenvalue weighted by Gasteiger charge is 2.24. The number of ether oxygens (including phenoxy) is 1. The minimum absolute atomic E-state index is 0.571. The van der Waals surface area contributed by atoms with Crippen LogP contribution in [0.2, 0.25) is 0 Å². The van der Waals surface area contributed by atoms with Crippen LogP contribution in [-0.2, 0) is 11.3 Å². The quantitative estimate of drug-likeness (QED) is 0.523. The molecule has 0 aliphatic carbocycles. The molecular formula is C13H14N2O2S. The molecule has 0 saturated heterocycles. The van der Waals surface area contributed by atoms with Gasteiger partial charge in [-0.15, -0.1) is 0 Å². The molecule has 0 fully saturated rings. The third-order valence-corrected chi connectivity index (χ3v) is 3.78. The van der Waals surface area contributed by atoms with Crippen molar-refractivity contribution in [2.24, 2.45) is 0 Å². The van der Waals surface area contributed by atoms with E-state index in [1.807, 2.05) is 28.7 Å². The van der Waals surface area contributed by atoms with E-state index in [1.165, 1.54) is 17.5 Å². The third kappa shape index (κ3) is 1.90. The van der Waals surface area contributed by atoms with Crippen molar-refractivity contribution in [2.75, 3.05) is 18.8 Å². The van der Waals surface area contributed by atoms with Crippen LogP contribution in [-0.4, -0.2) is 17.5 Å². The Morgan fingerprint density at radius 2 is 2.17 bits per heavy atom. The summed E-state index contributed by atoms with van der Waals surface area (Å²) in [5.41, 5.74) is 7.98. The molecule has 0 unspecified atom stereocenters. The molecule has 1 heterocycles. The lowest BCUT2D eigenvalue weighted by molar-refractivity contribution is 0.0689. The maximum atomic E-state index is 6.04. The molecule has 3 rings (SSSR count). The fourth-order valence-corrected chi connectivity index (χ4v) is 2.71. The molecule has 4 nitrogen and oxygen atoms in total.